The molecule has 7 nitrogen and oxygen atoms in total. The first kappa shape index (κ1) is 19.4. The quantitative estimate of drug-likeness (QED) is 0.643. The number of carbonyl (C=O) groups is 3. The molecule has 1 aliphatic rings. The third-order valence-electron chi connectivity index (χ3n) is 4.46. The molecule has 0 atom stereocenters. The van der Waals surface area contributed by atoms with Crippen LogP contribution in [0.4, 0.5) is 11.4 Å². The number of fused-ring (bicyclic) bond motifs is 1. The van der Waals surface area contributed by atoms with E-state index in [-0.39, 0.29) is 24.1 Å². The summed E-state index contributed by atoms with van der Waals surface area (Å²) in [6.07, 6.45) is 2.00. The minimum Gasteiger partial charge on any atom is -0.494 e. The first-order valence-electron chi connectivity index (χ1n) is 9.23. The summed E-state index contributed by atoms with van der Waals surface area (Å²) < 4.78 is 5.72. The monoisotopic (exact) mass is 381 g/mol. The highest BCUT2D eigenvalue weighted by molar-refractivity contribution is 6.03. The molecular formula is C21H23N3O4. The van der Waals surface area contributed by atoms with Crippen molar-refractivity contribution in [2.75, 3.05) is 24.3 Å². The van der Waals surface area contributed by atoms with Crippen molar-refractivity contribution in [3.8, 4) is 5.75 Å². The van der Waals surface area contributed by atoms with E-state index in [4.69, 9.17) is 4.74 Å². The Morgan fingerprint density at radius 1 is 1.14 bits per heavy atom. The van der Waals surface area contributed by atoms with Gasteiger partial charge >= 0.3 is 0 Å². The minimum absolute atomic E-state index is 0.0326. The molecule has 0 bridgehead atoms. The molecule has 7 heteroatoms. The third kappa shape index (κ3) is 4.88. The molecule has 2 aromatic carbocycles. The number of aryl methyl sites for hydroxylation is 1. The fourth-order valence-corrected chi connectivity index (χ4v) is 3.01. The minimum atomic E-state index is -0.247. The Morgan fingerprint density at radius 2 is 1.96 bits per heavy atom. The van der Waals surface area contributed by atoms with E-state index < -0.39 is 0 Å². The van der Waals surface area contributed by atoms with E-state index in [9.17, 15) is 14.4 Å². The highest BCUT2D eigenvalue weighted by Gasteiger charge is 2.15. The first-order valence-corrected chi connectivity index (χ1v) is 9.23. The van der Waals surface area contributed by atoms with Crippen LogP contribution in [0, 0.1) is 0 Å². The van der Waals surface area contributed by atoms with E-state index in [0.717, 1.165) is 17.0 Å². The van der Waals surface area contributed by atoms with Crippen molar-refractivity contribution in [2.24, 2.45) is 0 Å². The molecule has 146 valence electrons. The topological polar surface area (TPSA) is 96.5 Å². The lowest BCUT2D eigenvalue weighted by atomic mass is 10.0. The standard InChI is InChI=1S/C21H23N3O4/c1-22-21(27)16-5-2-3-6-18(16)24-19(25)7-4-12-28-15-9-10-17-14(13-15)8-11-20(26)23-17/h2-3,5-6,9-10,13H,4,7-8,11-12H2,1H3,(H,22,27)(H,23,26)(H,24,25). The van der Waals surface area contributed by atoms with Crippen LogP contribution in [0.1, 0.15) is 35.2 Å². The summed E-state index contributed by atoms with van der Waals surface area (Å²) in [5.74, 6) is 0.335. The number of ether oxygens (including phenoxy) is 1. The highest BCUT2D eigenvalue weighted by atomic mass is 16.5. The molecule has 2 aromatic rings. The third-order valence-corrected chi connectivity index (χ3v) is 4.46. The molecule has 1 heterocycles. The fraction of sp³-hybridized carbons (Fsp3) is 0.286. The second kappa shape index (κ2) is 9.03. The number of carbonyl (C=O) groups excluding carboxylic acids is 3. The molecule has 0 unspecified atom stereocenters. The normalized spacial score (nSPS) is 12.5. The average Bonchev–Trinajstić information content (AvgIpc) is 2.71. The summed E-state index contributed by atoms with van der Waals surface area (Å²) in [5.41, 5.74) is 2.80. The Hall–Kier alpha value is -3.35. The van der Waals surface area contributed by atoms with Crippen LogP contribution in [-0.2, 0) is 16.0 Å². The molecule has 3 N–H and O–H groups in total. The van der Waals surface area contributed by atoms with Crippen molar-refractivity contribution >= 4 is 29.1 Å². The van der Waals surface area contributed by atoms with Crippen LogP contribution in [-0.4, -0.2) is 31.4 Å². The zero-order valence-corrected chi connectivity index (χ0v) is 15.7. The molecule has 0 saturated heterocycles. The summed E-state index contributed by atoms with van der Waals surface area (Å²) in [7, 11) is 1.55. The summed E-state index contributed by atoms with van der Waals surface area (Å²) in [6.45, 7) is 0.398. The molecule has 3 amide bonds. The molecule has 0 fully saturated rings. The maximum absolute atomic E-state index is 12.2. The summed E-state index contributed by atoms with van der Waals surface area (Å²) in [5, 5.41) is 8.16. The van der Waals surface area contributed by atoms with Gasteiger partial charge in [-0.15, -0.1) is 0 Å². The molecule has 3 rings (SSSR count). The Balaban J connectivity index is 1.46. The van der Waals surface area contributed by atoms with Gasteiger partial charge in [-0.3, -0.25) is 14.4 Å². The predicted octanol–water partition coefficient (Wildman–Crippen LogP) is 2.73. The zero-order valence-electron chi connectivity index (χ0n) is 15.7. The van der Waals surface area contributed by atoms with Gasteiger partial charge in [0.25, 0.3) is 5.91 Å². The lowest BCUT2D eigenvalue weighted by molar-refractivity contribution is -0.117. The van der Waals surface area contributed by atoms with Crippen molar-refractivity contribution in [2.45, 2.75) is 25.7 Å². The lowest BCUT2D eigenvalue weighted by Gasteiger charge is -2.17. The molecule has 0 saturated carbocycles. The van der Waals surface area contributed by atoms with Crippen LogP contribution in [0.2, 0.25) is 0 Å². The van der Waals surface area contributed by atoms with Gasteiger partial charge in [-0.1, -0.05) is 12.1 Å². The van der Waals surface area contributed by atoms with E-state index in [0.29, 0.717) is 37.1 Å². The predicted molar refractivity (Wildman–Crippen MR) is 107 cm³/mol. The number of anilines is 2. The van der Waals surface area contributed by atoms with Crippen molar-refractivity contribution < 1.29 is 19.1 Å². The maximum Gasteiger partial charge on any atom is 0.253 e. The van der Waals surface area contributed by atoms with Gasteiger partial charge in [0.15, 0.2) is 0 Å². The molecule has 0 aromatic heterocycles. The van der Waals surface area contributed by atoms with Gasteiger partial charge in [-0.05, 0) is 48.7 Å². The Kier molecular flexibility index (Phi) is 6.26. The number of amides is 3. The Labute approximate surface area is 163 Å². The van der Waals surface area contributed by atoms with Crippen molar-refractivity contribution in [1.82, 2.24) is 5.32 Å². The lowest BCUT2D eigenvalue weighted by Crippen LogP contribution is -2.21. The smallest absolute Gasteiger partial charge is 0.253 e. The highest BCUT2D eigenvalue weighted by Crippen LogP contribution is 2.26. The fourth-order valence-electron chi connectivity index (χ4n) is 3.01. The van der Waals surface area contributed by atoms with E-state index in [1.807, 2.05) is 18.2 Å². The van der Waals surface area contributed by atoms with Gasteiger partial charge in [0.05, 0.1) is 17.9 Å². The second-order valence-electron chi connectivity index (χ2n) is 6.49. The Morgan fingerprint density at radius 3 is 2.79 bits per heavy atom. The van der Waals surface area contributed by atoms with Crippen LogP contribution in [0.25, 0.3) is 0 Å². The SMILES string of the molecule is CNC(=O)c1ccccc1NC(=O)CCCOc1ccc2c(c1)CCC(=O)N2. The number of benzene rings is 2. The number of hydrogen-bond acceptors (Lipinski definition) is 4. The molecule has 28 heavy (non-hydrogen) atoms. The molecule has 0 spiro atoms. The number of nitrogens with one attached hydrogen (secondary N) is 3. The average molecular weight is 381 g/mol. The van der Waals surface area contributed by atoms with Crippen LogP contribution < -0.4 is 20.7 Å². The largest absolute Gasteiger partial charge is 0.494 e. The summed E-state index contributed by atoms with van der Waals surface area (Å²) >= 11 is 0. The van der Waals surface area contributed by atoms with E-state index in [1.165, 1.54) is 0 Å². The van der Waals surface area contributed by atoms with Crippen LogP contribution in [0.5, 0.6) is 5.75 Å². The van der Waals surface area contributed by atoms with Crippen LogP contribution >= 0.6 is 0 Å². The van der Waals surface area contributed by atoms with Gasteiger partial charge in [0.1, 0.15) is 5.75 Å². The summed E-state index contributed by atoms with van der Waals surface area (Å²) in [4.78, 5) is 35.4. The molecule has 0 aliphatic carbocycles. The van der Waals surface area contributed by atoms with E-state index in [2.05, 4.69) is 16.0 Å². The van der Waals surface area contributed by atoms with Gasteiger partial charge in [-0.2, -0.15) is 0 Å². The summed E-state index contributed by atoms with van der Waals surface area (Å²) in [6, 6.07) is 12.4. The van der Waals surface area contributed by atoms with Crippen molar-refractivity contribution in [3.63, 3.8) is 0 Å². The van der Waals surface area contributed by atoms with E-state index >= 15 is 0 Å². The zero-order chi connectivity index (χ0) is 19.9. The van der Waals surface area contributed by atoms with Crippen LogP contribution in [0.3, 0.4) is 0 Å². The Bertz CT molecular complexity index is 895. The molecule has 1 aliphatic heterocycles. The van der Waals surface area contributed by atoms with Gasteiger partial charge in [-0.25, -0.2) is 0 Å². The number of hydrogen-bond donors (Lipinski definition) is 3. The first-order chi connectivity index (χ1) is 13.6. The van der Waals surface area contributed by atoms with E-state index in [1.54, 1.807) is 31.3 Å². The molecule has 0 radical (unpaired) electrons. The van der Waals surface area contributed by atoms with Gasteiger partial charge in [0, 0.05) is 25.6 Å². The van der Waals surface area contributed by atoms with Crippen molar-refractivity contribution in [3.05, 3.63) is 53.6 Å². The van der Waals surface area contributed by atoms with Gasteiger partial charge < -0.3 is 20.7 Å². The van der Waals surface area contributed by atoms with Gasteiger partial charge in [0.2, 0.25) is 11.8 Å². The number of para-hydroxylation sites is 1. The van der Waals surface area contributed by atoms with Crippen LogP contribution in [0.15, 0.2) is 42.5 Å². The maximum atomic E-state index is 12.2. The van der Waals surface area contributed by atoms with Crippen molar-refractivity contribution in [1.29, 1.82) is 0 Å². The number of rotatable bonds is 7. The second-order valence-corrected chi connectivity index (χ2v) is 6.49. The molecular weight excluding hydrogens is 358 g/mol.